The summed E-state index contributed by atoms with van der Waals surface area (Å²) in [6, 6.07) is -0.0413. The van der Waals surface area contributed by atoms with E-state index in [4.69, 9.17) is 10.5 Å². The minimum Gasteiger partial charge on any atom is -0.378 e. The van der Waals surface area contributed by atoms with Crippen molar-refractivity contribution in [1.29, 1.82) is 0 Å². The van der Waals surface area contributed by atoms with Gasteiger partial charge in [-0.3, -0.25) is 4.79 Å². The molecule has 4 heteroatoms. The molecule has 0 unspecified atom stereocenters. The summed E-state index contributed by atoms with van der Waals surface area (Å²) in [7, 11) is 0. The normalized spacial score (nSPS) is 20.7. The topological polar surface area (TPSA) is 55.6 Å². The summed E-state index contributed by atoms with van der Waals surface area (Å²) in [5.41, 5.74) is 5.52. The van der Waals surface area contributed by atoms with Gasteiger partial charge in [0.1, 0.15) is 0 Å². The fourth-order valence-electron chi connectivity index (χ4n) is 1.22. The molecule has 1 amide bonds. The van der Waals surface area contributed by atoms with E-state index in [2.05, 4.69) is 0 Å². The molecule has 0 spiro atoms. The Kier molecular flexibility index (Phi) is 3.49. The zero-order chi connectivity index (χ0) is 8.97. The first kappa shape index (κ1) is 9.48. The number of carbonyl (C=O) groups is 1. The van der Waals surface area contributed by atoms with Gasteiger partial charge in [0.25, 0.3) is 0 Å². The Bertz CT molecular complexity index is 153. The number of nitrogens with zero attached hydrogens (tertiary/aromatic N) is 1. The van der Waals surface area contributed by atoms with Crippen molar-refractivity contribution in [3.63, 3.8) is 0 Å². The minimum absolute atomic E-state index is 0.0413. The highest BCUT2D eigenvalue weighted by atomic mass is 16.5. The number of hydrogen-bond donors (Lipinski definition) is 1. The molecule has 1 saturated heterocycles. The van der Waals surface area contributed by atoms with Crippen LogP contribution in [0.15, 0.2) is 0 Å². The van der Waals surface area contributed by atoms with Crippen LogP contribution in [0.3, 0.4) is 0 Å². The minimum atomic E-state index is -0.0413. The monoisotopic (exact) mass is 172 g/mol. The number of nitrogens with two attached hydrogens (primary N) is 1. The van der Waals surface area contributed by atoms with Crippen LogP contribution in [0.1, 0.15) is 13.3 Å². The summed E-state index contributed by atoms with van der Waals surface area (Å²) in [5.74, 6) is 0.147. The Balaban J connectivity index is 2.30. The summed E-state index contributed by atoms with van der Waals surface area (Å²) in [6.45, 7) is 4.59. The molecule has 0 aromatic carbocycles. The highest BCUT2D eigenvalue weighted by Gasteiger charge is 2.17. The Hall–Kier alpha value is -0.610. The molecule has 4 nitrogen and oxygen atoms in total. The fourth-order valence-corrected chi connectivity index (χ4v) is 1.22. The predicted octanol–water partition coefficient (Wildman–Crippen LogP) is -0.417. The van der Waals surface area contributed by atoms with Crippen molar-refractivity contribution >= 4 is 5.91 Å². The van der Waals surface area contributed by atoms with Gasteiger partial charge in [0.15, 0.2) is 0 Å². The number of ether oxygens (including phenoxy) is 1. The van der Waals surface area contributed by atoms with Crippen molar-refractivity contribution in [2.24, 2.45) is 5.73 Å². The summed E-state index contributed by atoms with van der Waals surface area (Å²) in [6.07, 6.45) is 0.444. The molecule has 1 aliphatic heterocycles. The summed E-state index contributed by atoms with van der Waals surface area (Å²) < 4.78 is 5.13. The lowest BCUT2D eigenvalue weighted by atomic mass is 10.2. The molecule has 1 heterocycles. The van der Waals surface area contributed by atoms with Gasteiger partial charge in [0.2, 0.25) is 5.91 Å². The Morgan fingerprint density at radius 2 is 2.17 bits per heavy atom. The van der Waals surface area contributed by atoms with E-state index in [1.165, 1.54) is 0 Å². The largest absolute Gasteiger partial charge is 0.378 e. The van der Waals surface area contributed by atoms with E-state index in [-0.39, 0.29) is 11.9 Å². The first-order valence-corrected chi connectivity index (χ1v) is 4.31. The molecular formula is C8H16N2O2. The van der Waals surface area contributed by atoms with Crippen molar-refractivity contribution in [2.45, 2.75) is 19.4 Å². The molecule has 0 radical (unpaired) electrons. The second-order valence-electron chi connectivity index (χ2n) is 3.17. The third-order valence-electron chi connectivity index (χ3n) is 1.86. The van der Waals surface area contributed by atoms with E-state index in [0.29, 0.717) is 32.7 Å². The van der Waals surface area contributed by atoms with E-state index >= 15 is 0 Å². The molecule has 70 valence electrons. The van der Waals surface area contributed by atoms with Crippen molar-refractivity contribution in [2.75, 3.05) is 26.3 Å². The van der Waals surface area contributed by atoms with E-state index in [0.717, 1.165) is 0 Å². The second-order valence-corrected chi connectivity index (χ2v) is 3.17. The van der Waals surface area contributed by atoms with Gasteiger partial charge < -0.3 is 15.4 Å². The van der Waals surface area contributed by atoms with Gasteiger partial charge in [-0.15, -0.1) is 0 Å². The van der Waals surface area contributed by atoms with E-state index in [9.17, 15) is 4.79 Å². The SMILES string of the molecule is C[C@@H](N)CC(=O)N1CCOCC1. The van der Waals surface area contributed by atoms with Gasteiger partial charge in [-0.2, -0.15) is 0 Å². The summed E-state index contributed by atoms with van der Waals surface area (Å²) in [4.78, 5) is 13.2. The van der Waals surface area contributed by atoms with Gasteiger partial charge in [0, 0.05) is 25.6 Å². The van der Waals surface area contributed by atoms with Crippen LogP contribution in [0.4, 0.5) is 0 Å². The predicted molar refractivity (Wildman–Crippen MR) is 45.7 cm³/mol. The number of amides is 1. The molecule has 1 fully saturated rings. The fraction of sp³-hybridized carbons (Fsp3) is 0.875. The maximum atomic E-state index is 11.4. The Labute approximate surface area is 72.7 Å². The summed E-state index contributed by atoms with van der Waals surface area (Å²) in [5, 5.41) is 0. The average Bonchev–Trinajstić information content (AvgIpc) is 2.05. The Morgan fingerprint density at radius 1 is 1.58 bits per heavy atom. The van der Waals surface area contributed by atoms with Gasteiger partial charge in [0.05, 0.1) is 13.2 Å². The molecule has 2 N–H and O–H groups in total. The Morgan fingerprint density at radius 3 is 2.67 bits per heavy atom. The van der Waals surface area contributed by atoms with Crippen LogP contribution in [-0.4, -0.2) is 43.2 Å². The molecule has 1 rings (SSSR count). The van der Waals surface area contributed by atoms with Crippen molar-refractivity contribution in [3.05, 3.63) is 0 Å². The van der Waals surface area contributed by atoms with Crippen LogP contribution in [0.2, 0.25) is 0 Å². The molecule has 0 aromatic heterocycles. The maximum Gasteiger partial charge on any atom is 0.224 e. The molecule has 1 aliphatic rings. The molecule has 12 heavy (non-hydrogen) atoms. The molecule has 0 aliphatic carbocycles. The molecule has 0 aromatic rings. The zero-order valence-corrected chi connectivity index (χ0v) is 7.45. The van der Waals surface area contributed by atoms with E-state index in [1.54, 1.807) is 0 Å². The zero-order valence-electron chi connectivity index (χ0n) is 7.45. The maximum absolute atomic E-state index is 11.4. The van der Waals surface area contributed by atoms with Crippen LogP contribution < -0.4 is 5.73 Å². The van der Waals surface area contributed by atoms with Crippen molar-refractivity contribution < 1.29 is 9.53 Å². The molecular weight excluding hydrogens is 156 g/mol. The van der Waals surface area contributed by atoms with Crippen molar-refractivity contribution in [1.82, 2.24) is 4.90 Å². The first-order valence-electron chi connectivity index (χ1n) is 4.31. The number of carbonyl (C=O) groups excluding carboxylic acids is 1. The van der Waals surface area contributed by atoms with Crippen LogP contribution >= 0.6 is 0 Å². The third-order valence-corrected chi connectivity index (χ3v) is 1.86. The third kappa shape index (κ3) is 2.79. The lowest BCUT2D eigenvalue weighted by Gasteiger charge is -2.27. The van der Waals surface area contributed by atoms with Gasteiger partial charge in [-0.1, -0.05) is 0 Å². The van der Waals surface area contributed by atoms with Crippen LogP contribution in [0.5, 0.6) is 0 Å². The van der Waals surface area contributed by atoms with Gasteiger partial charge in [-0.05, 0) is 6.92 Å². The smallest absolute Gasteiger partial charge is 0.224 e. The van der Waals surface area contributed by atoms with Gasteiger partial charge >= 0.3 is 0 Å². The number of hydrogen-bond acceptors (Lipinski definition) is 3. The van der Waals surface area contributed by atoms with Crippen molar-refractivity contribution in [3.8, 4) is 0 Å². The van der Waals surface area contributed by atoms with Crippen LogP contribution in [-0.2, 0) is 9.53 Å². The van der Waals surface area contributed by atoms with E-state index < -0.39 is 0 Å². The number of rotatable bonds is 2. The van der Waals surface area contributed by atoms with Gasteiger partial charge in [-0.25, -0.2) is 0 Å². The quantitative estimate of drug-likeness (QED) is 0.615. The number of morpholine rings is 1. The highest BCUT2D eigenvalue weighted by molar-refractivity contribution is 5.76. The lowest BCUT2D eigenvalue weighted by molar-refractivity contribution is -0.135. The molecule has 1 atom stereocenters. The van der Waals surface area contributed by atoms with Crippen LogP contribution in [0.25, 0.3) is 0 Å². The first-order chi connectivity index (χ1) is 5.70. The second kappa shape index (κ2) is 4.42. The average molecular weight is 172 g/mol. The summed E-state index contributed by atoms with van der Waals surface area (Å²) >= 11 is 0. The van der Waals surface area contributed by atoms with Crippen LogP contribution in [0, 0.1) is 0 Å². The standard InChI is InChI=1S/C8H16N2O2/c1-7(9)6-8(11)10-2-4-12-5-3-10/h7H,2-6,9H2,1H3/t7-/m1/s1. The van der Waals surface area contributed by atoms with E-state index in [1.807, 2.05) is 11.8 Å². The molecule has 0 saturated carbocycles. The lowest BCUT2D eigenvalue weighted by Crippen LogP contribution is -2.42. The molecule has 0 bridgehead atoms. The highest BCUT2D eigenvalue weighted by Crippen LogP contribution is 2.01.